The molecule has 7 heteroatoms. The van der Waals surface area contributed by atoms with Crippen LogP contribution in [0.4, 0.5) is 24.5 Å². The molecule has 0 aliphatic heterocycles. The largest absolute Gasteiger partial charge is 0.573 e. The molecular formula is C6H6F3N3O. The van der Waals surface area contributed by atoms with Crippen molar-refractivity contribution < 1.29 is 17.9 Å². The molecule has 0 unspecified atom stereocenters. The standard InChI is InChI=1S/C6H6F3N3O/c7-6(8,9)13-5-3(10)1-12-2-4(5)11/h1-2H,10-11H2. The highest BCUT2D eigenvalue weighted by molar-refractivity contribution is 5.64. The molecule has 13 heavy (non-hydrogen) atoms. The molecule has 0 aliphatic rings. The number of ether oxygens (including phenoxy) is 1. The molecule has 0 atom stereocenters. The normalized spacial score (nSPS) is 11.3. The third kappa shape index (κ3) is 2.39. The van der Waals surface area contributed by atoms with Crippen molar-refractivity contribution in [2.24, 2.45) is 0 Å². The summed E-state index contributed by atoms with van der Waals surface area (Å²) in [6, 6.07) is 0. The van der Waals surface area contributed by atoms with Gasteiger partial charge >= 0.3 is 6.36 Å². The van der Waals surface area contributed by atoms with E-state index in [0.29, 0.717) is 0 Å². The van der Waals surface area contributed by atoms with E-state index in [0.717, 1.165) is 12.4 Å². The van der Waals surface area contributed by atoms with E-state index < -0.39 is 12.1 Å². The fourth-order valence-corrected chi connectivity index (χ4v) is 0.715. The fraction of sp³-hybridized carbons (Fsp3) is 0.167. The van der Waals surface area contributed by atoms with Crippen molar-refractivity contribution in [3.63, 3.8) is 0 Å². The summed E-state index contributed by atoms with van der Waals surface area (Å²) in [7, 11) is 0. The lowest BCUT2D eigenvalue weighted by Crippen LogP contribution is -2.19. The van der Waals surface area contributed by atoms with Gasteiger partial charge in [0.05, 0.1) is 23.8 Å². The summed E-state index contributed by atoms with van der Waals surface area (Å²) in [6.07, 6.45) is -2.75. The minimum absolute atomic E-state index is 0.252. The van der Waals surface area contributed by atoms with E-state index in [-0.39, 0.29) is 11.4 Å². The Bertz CT molecular complexity index is 292. The maximum absolute atomic E-state index is 11.7. The van der Waals surface area contributed by atoms with Crippen LogP contribution in [-0.4, -0.2) is 11.3 Å². The van der Waals surface area contributed by atoms with Gasteiger partial charge in [-0.25, -0.2) is 0 Å². The number of nitrogens with zero attached hydrogens (tertiary/aromatic N) is 1. The van der Waals surface area contributed by atoms with Crippen LogP contribution in [0.25, 0.3) is 0 Å². The highest BCUT2D eigenvalue weighted by Gasteiger charge is 2.32. The lowest BCUT2D eigenvalue weighted by Gasteiger charge is -2.11. The van der Waals surface area contributed by atoms with Gasteiger partial charge in [-0.15, -0.1) is 13.2 Å². The molecule has 4 nitrogen and oxygen atoms in total. The molecule has 1 aromatic heterocycles. The summed E-state index contributed by atoms with van der Waals surface area (Å²) in [4.78, 5) is 3.48. The number of halogens is 3. The van der Waals surface area contributed by atoms with Crippen LogP contribution < -0.4 is 16.2 Å². The van der Waals surface area contributed by atoms with Crippen LogP contribution in [0.15, 0.2) is 12.4 Å². The molecule has 0 amide bonds. The molecule has 0 saturated carbocycles. The number of alkyl halides is 3. The Balaban J connectivity index is 3.00. The first-order chi connectivity index (χ1) is 5.90. The maximum atomic E-state index is 11.7. The van der Waals surface area contributed by atoms with Crippen molar-refractivity contribution in [1.29, 1.82) is 0 Å². The molecule has 1 rings (SSSR count). The molecular weight excluding hydrogens is 187 g/mol. The van der Waals surface area contributed by atoms with Gasteiger partial charge in [-0.05, 0) is 0 Å². The van der Waals surface area contributed by atoms with Crippen molar-refractivity contribution in [3.8, 4) is 5.75 Å². The smallest absolute Gasteiger partial charge is 0.401 e. The highest BCUT2D eigenvalue weighted by Crippen LogP contribution is 2.32. The monoisotopic (exact) mass is 193 g/mol. The van der Waals surface area contributed by atoms with Crippen molar-refractivity contribution in [1.82, 2.24) is 4.98 Å². The van der Waals surface area contributed by atoms with E-state index in [4.69, 9.17) is 11.5 Å². The number of anilines is 2. The molecule has 0 bridgehead atoms. The van der Waals surface area contributed by atoms with Gasteiger partial charge in [0, 0.05) is 0 Å². The lowest BCUT2D eigenvalue weighted by atomic mass is 10.3. The summed E-state index contributed by atoms with van der Waals surface area (Å²) in [5.41, 5.74) is 9.82. The number of aromatic nitrogens is 1. The minimum atomic E-state index is -4.80. The molecule has 4 N–H and O–H groups in total. The summed E-state index contributed by atoms with van der Waals surface area (Å²) >= 11 is 0. The molecule has 0 aromatic carbocycles. The molecule has 0 saturated heterocycles. The first kappa shape index (κ1) is 9.43. The number of hydrogen-bond acceptors (Lipinski definition) is 4. The first-order valence-corrected chi connectivity index (χ1v) is 3.15. The quantitative estimate of drug-likeness (QED) is 0.701. The second-order valence-corrected chi connectivity index (χ2v) is 2.19. The van der Waals surface area contributed by atoms with Crippen LogP contribution in [0.2, 0.25) is 0 Å². The van der Waals surface area contributed by atoms with Gasteiger partial charge in [-0.1, -0.05) is 0 Å². The van der Waals surface area contributed by atoms with E-state index in [9.17, 15) is 13.2 Å². The van der Waals surface area contributed by atoms with Gasteiger partial charge in [0.2, 0.25) is 0 Å². The minimum Gasteiger partial charge on any atom is -0.401 e. The Kier molecular flexibility index (Phi) is 2.18. The maximum Gasteiger partial charge on any atom is 0.573 e. The van der Waals surface area contributed by atoms with Crippen LogP contribution in [0.5, 0.6) is 5.75 Å². The Hall–Kier alpha value is -1.66. The van der Waals surface area contributed by atoms with Crippen LogP contribution in [0.3, 0.4) is 0 Å². The third-order valence-electron chi connectivity index (χ3n) is 1.17. The lowest BCUT2D eigenvalue weighted by molar-refractivity contribution is -0.274. The zero-order valence-corrected chi connectivity index (χ0v) is 6.30. The topological polar surface area (TPSA) is 74.2 Å². The Morgan fingerprint density at radius 2 is 1.62 bits per heavy atom. The molecule has 72 valence electrons. The molecule has 1 heterocycles. The number of nitrogens with two attached hydrogens (primary N) is 2. The number of nitrogen functional groups attached to an aromatic ring is 2. The predicted molar refractivity (Wildman–Crippen MR) is 39.7 cm³/mol. The number of pyridine rings is 1. The second kappa shape index (κ2) is 3.00. The van der Waals surface area contributed by atoms with Gasteiger partial charge in [-0.3, -0.25) is 4.98 Å². The zero-order chi connectivity index (χ0) is 10.1. The summed E-state index contributed by atoms with van der Waals surface area (Å²) in [5, 5.41) is 0. The van der Waals surface area contributed by atoms with E-state index in [2.05, 4.69) is 9.72 Å². The van der Waals surface area contributed by atoms with E-state index in [1.807, 2.05) is 0 Å². The molecule has 1 aromatic rings. The summed E-state index contributed by atoms with van der Waals surface area (Å²) < 4.78 is 38.8. The Morgan fingerprint density at radius 1 is 1.15 bits per heavy atom. The molecule has 0 aliphatic carbocycles. The highest BCUT2D eigenvalue weighted by atomic mass is 19.4. The van der Waals surface area contributed by atoms with Gasteiger partial charge in [0.1, 0.15) is 0 Å². The first-order valence-electron chi connectivity index (χ1n) is 3.15. The molecule has 0 fully saturated rings. The number of hydrogen-bond donors (Lipinski definition) is 2. The SMILES string of the molecule is Nc1cncc(N)c1OC(F)(F)F. The average Bonchev–Trinajstić information content (AvgIpc) is 1.95. The number of rotatable bonds is 1. The summed E-state index contributed by atoms with van der Waals surface area (Å²) in [6.45, 7) is 0. The van der Waals surface area contributed by atoms with Crippen molar-refractivity contribution in [3.05, 3.63) is 12.4 Å². The zero-order valence-electron chi connectivity index (χ0n) is 6.30. The molecule has 0 spiro atoms. The molecule has 0 radical (unpaired) electrons. The van der Waals surface area contributed by atoms with Gasteiger partial charge in [0.25, 0.3) is 0 Å². The Morgan fingerprint density at radius 3 is 2.00 bits per heavy atom. The van der Waals surface area contributed by atoms with E-state index in [1.54, 1.807) is 0 Å². The van der Waals surface area contributed by atoms with E-state index in [1.165, 1.54) is 0 Å². The van der Waals surface area contributed by atoms with E-state index >= 15 is 0 Å². The Labute approximate surface area is 71.3 Å². The second-order valence-electron chi connectivity index (χ2n) is 2.19. The van der Waals surface area contributed by atoms with Crippen molar-refractivity contribution >= 4 is 11.4 Å². The van der Waals surface area contributed by atoms with Gasteiger partial charge in [0.15, 0.2) is 5.75 Å². The van der Waals surface area contributed by atoms with Crippen LogP contribution in [-0.2, 0) is 0 Å². The van der Waals surface area contributed by atoms with Crippen LogP contribution >= 0.6 is 0 Å². The summed E-state index contributed by atoms with van der Waals surface area (Å²) in [5.74, 6) is -0.609. The average molecular weight is 193 g/mol. The fourth-order valence-electron chi connectivity index (χ4n) is 0.715. The van der Waals surface area contributed by atoms with Crippen LogP contribution in [0, 0.1) is 0 Å². The van der Waals surface area contributed by atoms with Crippen molar-refractivity contribution in [2.45, 2.75) is 6.36 Å². The van der Waals surface area contributed by atoms with Gasteiger partial charge in [-0.2, -0.15) is 0 Å². The van der Waals surface area contributed by atoms with Crippen molar-refractivity contribution in [2.75, 3.05) is 11.5 Å². The third-order valence-corrected chi connectivity index (χ3v) is 1.17. The predicted octanol–water partition coefficient (Wildman–Crippen LogP) is 1.14. The van der Waals surface area contributed by atoms with Crippen LogP contribution in [0.1, 0.15) is 0 Å². The van der Waals surface area contributed by atoms with Gasteiger partial charge < -0.3 is 16.2 Å².